The van der Waals surface area contributed by atoms with Gasteiger partial charge in [0.05, 0.1) is 11.0 Å². The standard InChI is InChI=1S/C51H30N4O2/c1-3-14-31(15-4-1)34-20-12-26-43-46(34)38-29-28-33(30-45(38)57-43)55-41-24-9-7-18-35(41)36-21-11-23-40(48(36)55)51-53-49(32-16-5-2-6-17-32)52-50(54-51)39-22-13-27-44-47(39)37-19-8-10-25-42(37)56-44/h1-30H. The predicted octanol–water partition coefficient (Wildman–Crippen LogP) is 13.4. The zero-order valence-corrected chi connectivity index (χ0v) is 30.4. The number of benzene rings is 8. The van der Waals surface area contributed by atoms with Crippen LogP contribution in [-0.4, -0.2) is 19.5 Å². The van der Waals surface area contributed by atoms with Crippen LogP contribution in [0.15, 0.2) is 191 Å². The largest absolute Gasteiger partial charge is 0.456 e. The highest BCUT2D eigenvalue weighted by Crippen LogP contribution is 2.42. The minimum atomic E-state index is 0.577. The molecule has 266 valence electrons. The van der Waals surface area contributed by atoms with E-state index in [4.69, 9.17) is 23.8 Å². The van der Waals surface area contributed by atoms with E-state index in [-0.39, 0.29) is 0 Å². The molecule has 4 aromatic heterocycles. The van der Waals surface area contributed by atoms with Gasteiger partial charge in [-0.25, -0.2) is 15.0 Å². The molecule has 12 rings (SSSR count). The third-order valence-electron chi connectivity index (χ3n) is 11.1. The molecule has 8 aromatic carbocycles. The van der Waals surface area contributed by atoms with E-state index in [1.165, 1.54) is 0 Å². The second-order valence-electron chi connectivity index (χ2n) is 14.3. The van der Waals surface area contributed by atoms with Crippen LogP contribution in [0.25, 0.3) is 117 Å². The molecule has 0 aliphatic heterocycles. The minimum Gasteiger partial charge on any atom is -0.456 e. The molecule has 0 N–H and O–H groups in total. The third kappa shape index (κ3) is 4.87. The Balaban J connectivity index is 1.12. The molecule has 12 aromatic rings. The van der Waals surface area contributed by atoms with Gasteiger partial charge in [-0.05, 0) is 53.6 Å². The number of hydrogen-bond acceptors (Lipinski definition) is 5. The molecule has 0 saturated carbocycles. The van der Waals surface area contributed by atoms with Crippen molar-refractivity contribution in [3.05, 3.63) is 182 Å². The average Bonchev–Trinajstić information content (AvgIpc) is 3.96. The van der Waals surface area contributed by atoms with Crippen LogP contribution in [0, 0.1) is 0 Å². The molecule has 0 bridgehead atoms. The summed E-state index contributed by atoms with van der Waals surface area (Å²) >= 11 is 0. The molecule has 0 radical (unpaired) electrons. The molecule has 6 nitrogen and oxygen atoms in total. The fourth-order valence-electron chi connectivity index (χ4n) is 8.57. The Morgan fingerprint density at radius 3 is 1.70 bits per heavy atom. The van der Waals surface area contributed by atoms with Crippen LogP contribution in [0.3, 0.4) is 0 Å². The Bertz CT molecular complexity index is 3530. The predicted molar refractivity (Wildman–Crippen MR) is 230 cm³/mol. The maximum absolute atomic E-state index is 6.63. The van der Waals surface area contributed by atoms with Crippen molar-refractivity contribution in [1.29, 1.82) is 0 Å². The van der Waals surface area contributed by atoms with E-state index in [1.54, 1.807) is 0 Å². The fourth-order valence-corrected chi connectivity index (χ4v) is 8.57. The summed E-state index contributed by atoms with van der Waals surface area (Å²) in [5.41, 5.74) is 11.3. The Kier molecular flexibility index (Phi) is 6.83. The van der Waals surface area contributed by atoms with Crippen molar-refractivity contribution in [3.8, 4) is 51.0 Å². The van der Waals surface area contributed by atoms with Gasteiger partial charge in [-0.3, -0.25) is 0 Å². The van der Waals surface area contributed by atoms with Gasteiger partial charge in [-0.2, -0.15) is 0 Å². The summed E-state index contributed by atoms with van der Waals surface area (Å²) in [6, 6.07) is 62.6. The number of fused-ring (bicyclic) bond motifs is 9. The summed E-state index contributed by atoms with van der Waals surface area (Å²) in [5.74, 6) is 1.75. The second kappa shape index (κ2) is 12.3. The first-order chi connectivity index (χ1) is 28.3. The van der Waals surface area contributed by atoms with Crippen molar-refractivity contribution in [3.63, 3.8) is 0 Å². The first-order valence-electron chi connectivity index (χ1n) is 19.0. The molecule has 6 heteroatoms. The Hall–Kier alpha value is -7.83. The quantitative estimate of drug-likeness (QED) is 0.176. The van der Waals surface area contributed by atoms with Crippen LogP contribution in [0.4, 0.5) is 0 Å². The van der Waals surface area contributed by atoms with E-state index >= 15 is 0 Å². The number of rotatable bonds is 5. The van der Waals surface area contributed by atoms with Gasteiger partial charge in [-0.15, -0.1) is 0 Å². The first kappa shape index (κ1) is 31.5. The number of hydrogen-bond donors (Lipinski definition) is 0. The molecule has 0 fully saturated rings. The molecule has 0 atom stereocenters. The van der Waals surface area contributed by atoms with Crippen molar-refractivity contribution >= 4 is 65.7 Å². The molecule has 0 saturated heterocycles. The van der Waals surface area contributed by atoms with Crippen molar-refractivity contribution in [2.75, 3.05) is 0 Å². The van der Waals surface area contributed by atoms with Gasteiger partial charge in [0.25, 0.3) is 0 Å². The number of aromatic nitrogens is 4. The van der Waals surface area contributed by atoms with Gasteiger partial charge >= 0.3 is 0 Å². The van der Waals surface area contributed by atoms with Crippen LogP contribution in [0.2, 0.25) is 0 Å². The van der Waals surface area contributed by atoms with Crippen molar-refractivity contribution in [2.45, 2.75) is 0 Å². The number of furan rings is 2. The molecular formula is C51H30N4O2. The lowest BCUT2D eigenvalue weighted by Crippen LogP contribution is -2.02. The van der Waals surface area contributed by atoms with Crippen LogP contribution in [0.1, 0.15) is 0 Å². The van der Waals surface area contributed by atoms with Crippen molar-refractivity contribution < 1.29 is 8.83 Å². The molecule has 57 heavy (non-hydrogen) atoms. The van der Waals surface area contributed by atoms with E-state index in [2.05, 4.69) is 120 Å². The van der Waals surface area contributed by atoms with Gasteiger partial charge in [0, 0.05) is 60.8 Å². The second-order valence-corrected chi connectivity index (χ2v) is 14.3. The molecular weight excluding hydrogens is 701 g/mol. The molecule has 0 spiro atoms. The topological polar surface area (TPSA) is 69.9 Å². The SMILES string of the molecule is c1ccc(-c2nc(-c3cccc4oc5ccccc5c34)nc(-c3cccc4c5ccccc5n(-c5ccc6c(c5)oc5cccc(-c7ccccc7)c56)c34)n2)cc1. The summed E-state index contributed by atoms with van der Waals surface area (Å²) in [7, 11) is 0. The van der Waals surface area contributed by atoms with Crippen LogP contribution in [0.5, 0.6) is 0 Å². The molecule has 0 aliphatic carbocycles. The van der Waals surface area contributed by atoms with Crippen molar-refractivity contribution in [2.24, 2.45) is 0 Å². The lowest BCUT2D eigenvalue weighted by molar-refractivity contribution is 0.668. The normalized spacial score (nSPS) is 11.9. The molecule has 0 aliphatic rings. The van der Waals surface area contributed by atoms with Crippen LogP contribution in [-0.2, 0) is 0 Å². The van der Waals surface area contributed by atoms with E-state index in [0.29, 0.717) is 17.5 Å². The summed E-state index contributed by atoms with van der Waals surface area (Å²) in [5, 5.41) is 6.42. The zero-order chi connectivity index (χ0) is 37.5. The van der Waals surface area contributed by atoms with Crippen molar-refractivity contribution in [1.82, 2.24) is 19.5 Å². The Morgan fingerprint density at radius 1 is 0.351 bits per heavy atom. The summed E-state index contributed by atoms with van der Waals surface area (Å²) in [4.78, 5) is 15.7. The molecule has 0 amide bonds. The van der Waals surface area contributed by atoms with Gasteiger partial charge in [0.1, 0.15) is 22.3 Å². The summed E-state index contributed by atoms with van der Waals surface area (Å²) < 4.78 is 15.2. The highest BCUT2D eigenvalue weighted by atomic mass is 16.3. The highest BCUT2D eigenvalue weighted by molar-refractivity contribution is 6.16. The Morgan fingerprint density at radius 2 is 0.895 bits per heavy atom. The Labute approximate surface area is 325 Å². The first-order valence-corrected chi connectivity index (χ1v) is 19.0. The van der Waals surface area contributed by atoms with Gasteiger partial charge < -0.3 is 13.4 Å². The van der Waals surface area contributed by atoms with Crippen LogP contribution >= 0.6 is 0 Å². The lowest BCUT2D eigenvalue weighted by Gasteiger charge is -2.13. The molecule has 0 unspecified atom stereocenters. The third-order valence-corrected chi connectivity index (χ3v) is 11.1. The smallest absolute Gasteiger partial charge is 0.166 e. The molecule has 4 heterocycles. The lowest BCUT2D eigenvalue weighted by atomic mass is 9.99. The summed E-state index contributed by atoms with van der Waals surface area (Å²) in [6.45, 7) is 0. The minimum absolute atomic E-state index is 0.577. The monoisotopic (exact) mass is 730 g/mol. The zero-order valence-electron chi connectivity index (χ0n) is 30.4. The maximum atomic E-state index is 6.63. The summed E-state index contributed by atoms with van der Waals surface area (Å²) in [6.07, 6.45) is 0. The van der Waals surface area contributed by atoms with E-state index in [0.717, 1.165) is 99.2 Å². The fraction of sp³-hybridized carbons (Fsp3) is 0. The van der Waals surface area contributed by atoms with Gasteiger partial charge in [0.2, 0.25) is 0 Å². The van der Waals surface area contributed by atoms with E-state index < -0.39 is 0 Å². The van der Waals surface area contributed by atoms with E-state index in [9.17, 15) is 0 Å². The van der Waals surface area contributed by atoms with Gasteiger partial charge in [-0.1, -0.05) is 133 Å². The maximum Gasteiger partial charge on any atom is 0.166 e. The van der Waals surface area contributed by atoms with Gasteiger partial charge in [0.15, 0.2) is 17.5 Å². The number of para-hydroxylation sites is 3. The van der Waals surface area contributed by atoms with Crippen LogP contribution < -0.4 is 0 Å². The van der Waals surface area contributed by atoms with E-state index in [1.807, 2.05) is 66.7 Å². The number of nitrogens with zero attached hydrogens (tertiary/aromatic N) is 4. The average molecular weight is 731 g/mol. The highest BCUT2D eigenvalue weighted by Gasteiger charge is 2.22.